The van der Waals surface area contributed by atoms with Gasteiger partial charge in [-0.2, -0.15) is 0 Å². The SMILES string of the molecule is CCC/C=C\C/C=C\CCCCCCCC(=O)NC(COC1OC(CO)C(OC2OC(CO)C(O)C(O)C2O)C(O)C1O)C(O)/C=C/CC/C=C/CCCCCCCCCCCCCCCCCCCCC. The van der Waals surface area contributed by atoms with Crippen molar-refractivity contribution >= 4 is 5.91 Å². The minimum atomic E-state index is -1.79. The third kappa shape index (κ3) is 29.9. The summed E-state index contributed by atoms with van der Waals surface area (Å²) in [4.78, 5) is 13.2. The van der Waals surface area contributed by atoms with Crippen LogP contribution in [0.5, 0.6) is 0 Å². The van der Waals surface area contributed by atoms with Gasteiger partial charge in [-0.15, -0.1) is 0 Å². The van der Waals surface area contributed by atoms with E-state index in [2.05, 4.69) is 55.6 Å². The van der Waals surface area contributed by atoms with Gasteiger partial charge >= 0.3 is 0 Å². The molecule has 14 heteroatoms. The first-order valence-corrected chi connectivity index (χ1v) is 28.9. The van der Waals surface area contributed by atoms with E-state index in [0.29, 0.717) is 12.8 Å². The van der Waals surface area contributed by atoms with Crippen molar-refractivity contribution in [1.82, 2.24) is 5.32 Å². The Labute approximate surface area is 435 Å². The Morgan fingerprint density at radius 3 is 1.50 bits per heavy atom. The molecule has 2 saturated heterocycles. The van der Waals surface area contributed by atoms with Crippen LogP contribution in [0.2, 0.25) is 0 Å². The summed E-state index contributed by atoms with van der Waals surface area (Å²) in [6, 6.07) is -0.939. The summed E-state index contributed by atoms with van der Waals surface area (Å²) in [5, 5.41) is 86.9. The van der Waals surface area contributed by atoms with Gasteiger partial charge in [-0.05, 0) is 57.8 Å². The van der Waals surface area contributed by atoms with Crippen LogP contribution in [0.4, 0.5) is 0 Å². The maximum absolute atomic E-state index is 13.2. The summed E-state index contributed by atoms with van der Waals surface area (Å²) in [6.45, 7) is 2.70. The molecule has 2 rings (SSSR count). The summed E-state index contributed by atoms with van der Waals surface area (Å²) in [7, 11) is 0. The van der Waals surface area contributed by atoms with Crippen molar-refractivity contribution in [3.63, 3.8) is 0 Å². The monoisotopic (exact) mass is 1020 g/mol. The molecular formula is C58H105NO13. The summed E-state index contributed by atoms with van der Waals surface area (Å²) in [5.41, 5.74) is 0. The fourth-order valence-corrected chi connectivity index (χ4v) is 9.29. The molecule has 0 aromatic rings. The summed E-state index contributed by atoms with van der Waals surface area (Å²) < 4.78 is 22.7. The zero-order chi connectivity index (χ0) is 52.4. The number of carbonyl (C=O) groups excluding carboxylic acids is 1. The summed E-state index contributed by atoms with van der Waals surface area (Å²) in [5.74, 6) is -0.265. The lowest BCUT2D eigenvalue weighted by Crippen LogP contribution is -2.65. The third-order valence-corrected chi connectivity index (χ3v) is 14.0. The number of hydrogen-bond donors (Lipinski definition) is 9. The second-order valence-corrected chi connectivity index (χ2v) is 20.4. The van der Waals surface area contributed by atoms with Gasteiger partial charge in [0.25, 0.3) is 0 Å². The topological polar surface area (TPSA) is 228 Å². The van der Waals surface area contributed by atoms with Crippen LogP contribution < -0.4 is 5.32 Å². The highest BCUT2D eigenvalue weighted by molar-refractivity contribution is 5.76. The van der Waals surface area contributed by atoms with Gasteiger partial charge in [0.05, 0.1) is 32.0 Å². The predicted molar refractivity (Wildman–Crippen MR) is 286 cm³/mol. The Hall–Kier alpha value is -2.05. The molecule has 0 aliphatic carbocycles. The van der Waals surface area contributed by atoms with E-state index in [0.717, 1.165) is 64.2 Å². The molecule has 12 atom stereocenters. The van der Waals surface area contributed by atoms with Gasteiger partial charge in [-0.3, -0.25) is 4.79 Å². The van der Waals surface area contributed by atoms with Crippen LogP contribution >= 0.6 is 0 Å². The van der Waals surface area contributed by atoms with Gasteiger partial charge in [0, 0.05) is 6.42 Å². The molecule has 420 valence electrons. The van der Waals surface area contributed by atoms with Gasteiger partial charge < -0.3 is 65.1 Å². The molecule has 1 amide bonds. The lowest BCUT2D eigenvalue weighted by Gasteiger charge is -2.46. The number of nitrogens with one attached hydrogen (secondary N) is 1. The summed E-state index contributed by atoms with van der Waals surface area (Å²) >= 11 is 0. The Bertz CT molecular complexity index is 1390. The Morgan fingerprint density at radius 1 is 0.500 bits per heavy atom. The third-order valence-electron chi connectivity index (χ3n) is 14.0. The molecule has 2 fully saturated rings. The molecule has 9 N–H and O–H groups in total. The van der Waals surface area contributed by atoms with Gasteiger partial charge in [-0.1, -0.05) is 204 Å². The van der Waals surface area contributed by atoms with Gasteiger partial charge in [0.1, 0.15) is 48.8 Å². The Balaban J connectivity index is 1.77. The van der Waals surface area contributed by atoms with Gasteiger partial charge in [-0.25, -0.2) is 0 Å². The molecule has 0 bridgehead atoms. The van der Waals surface area contributed by atoms with E-state index < -0.39 is 86.8 Å². The zero-order valence-electron chi connectivity index (χ0n) is 44.9. The van der Waals surface area contributed by atoms with E-state index in [4.69, 9.17) is 18.9 Å². The van der Waals surface area contributed by atoms with Crippen molar-refractivity contribution in [2.24, 2.45) is 0 Å². The smallest absolute Gasteiger partial charge is 0.220 e. The van der Waals surface area contributed by atoms with Crippen LogP contribution in [0, 0.1) is 0 Å². The Kier molecular flexibility index (Phi) is 40.5. The van der Waals surface area contributed by atoms with Gasteiger partial charge in [0.2, 0.25) is 5.91 Å². The first-order chi connectivity index (χ1) is 35.1. The molecule has 0 radical (unpaired) electrons. The van der Waals surface area contributed by atoms with Crippen molar-refractivity contribution in [3.8, 4) is 0 Å². The van der Waals surface area contributed by atoms with Crippen LogP contribution in [-0.2, 0) is 23.7 Å². The van der Waals surface area contributed by atoms with E-state index in [1.165, 1.54) is 122 Å². The molecule has 2 aliphatic heterocycles. The van der Waals surface area contributed by atoms with Crippen molar-refractivity contribution in [3.05, 3.63) is 48.6 Å². The molecule has 0 spiro atoms. The number of carbonyl (C=O) groups is 1. The van der Waals surface area contributed by atoms with E-state index in [1.54, 1.807) is 6.08 Å². The van der Waals surface area contributed by atoms with Crippen molar-refractivity contribution in [1.29, 1.82) is 0 Å². The van der Waals surface area contributed by atoms with Crippen molar-refractivity contribution in [2.45, 2.75) is 293 Å². The van der Waals surface area contributed by atoms with E-state index >= 15 is 0 Å². The Morgan fingerprint density at radius 2 is 0.958 bits per heavy atom. The van der Waals surface area contributed by atoms with Gasteiger partial charge in [0.15, 0.2) is 12.6 Å². The molecular weight excluding hydrogens is 919 g/mol. The second-order valence-electron chi connectivity index (χ2n) is 20.4. The summed E-state index contributed by atoms with van der Waals surface area (Å²) in [6.07, 6.45) is 37.4. The lowest BCUT2D eigenvalue weighted by atomic mass is 9.97. The van der Waals surface area contributed by atoms with Crippen molar-refractivity contribution < 1.29 is 64.6 Å². The maximum atomic E-state index is 13.2. The molecule has 12 unspecified atom stereocenters. The van der Waals surface area contributed by atoms with Crippen LogP contribution in [0.1, 0.15) is 219 Å². The zero-order valence-corrected chi connectivity index (χ0v) is 44.9. The van der Waals surface area contributed by atoms with Crippen LogP contribution in [0.15, 0.2) is 48.6 Å². The highest BCUT2D eigenvalue weighted by Gasteiger charge is 2.51. The molecule has 0 aromatic carbocycles. The molecule has 2 aliphatic rings. The standard InChI is InChI=1S/C58H105NO13/c1-3-5-7-9-11-13-15-17-18-19-20-21-22-23-24-25-26-27-28-30-31-33-35-37-39-41-47(62)46(59-50(63)42-40-38-36-34-32-29-16-14-12-10-8-6-4-2)45-69-57-55(68)53(66)56(49(44-61)71-57)72-58-54(67)52(65)51(64)48(43-60)70-58/h8,10,14,16,31,33,39,41,46-49,51-58,60-62,64-68H,3-7,9,11-13,15,17-30,32,34-38,40,42-45H2,1-2H3,(H,59,63)/b10-8-,16-14-,33-31+,41-39+. The predicted octanol–water partition coefficient (Wildman–Crippen LogP) is 9.22. The van der Waals surface area contributed by atoms with E-state index in [-0.39, 0.29) is 18.9 Å². The number of allylic oxidation sites excluding steroid dienone is 7. The van der Waals surface area contributed by atoms with Crippen LogP contribution in [0.3, 0.4) is 0 Å². The molecule has 0 saturated carbocycles. The number of hydrogen-bond acceptors (Lipinski definition) is 13. The number of unbranched alkanes of at least 4 members (excludes halogenated alkanes) is 26. The second kappa shape index (κ2) is 44.1. The minimum absolute atomic E-state index is 0.256. The fraction of sp³-hybridized carbons (Fsp3) is 0.845. The average Bonchev–Trinajstić information content (AvgIpc) is 3.38. The number of rotatable bonds is 45. The number of aliphatic hydroxyl groups is 8. The maximum Gasteiger partial charge on any atom is 0.220 e. The largest absolute Gasteiger partial charge is 0.394 e. The number of ether oxygens (including phenoxy) is 4. The molecule has 0 aromatic heterocycles. The quantitative estimate of drug-likeness (QED) is 0.0205. The van der Waals surface area contributed by atoms with Crippen molar-refractivity contribution in [2.75, 3.05) is 19.8 Å². The van der Waals surface area contributed by atoms with E-state index in [9.17, 15) is 45.6 Å². The van der Waals surface area contributed by atoms with Crippen LogP contribution in [0.25, 0.3) is 0 Å². The molecule has 72 heavy (non-hydrogen) atoms. The highest BCUT2D eigenvalue weighted by atomic mass is 16.7. The minimum Gasteiger partial charge on any atom is -0.394 e. The first kappa shape index (κ1) is 66.1. The normalized spacial score (nSPS) is 25.9. The highest BCUT2D eigenvalue weighted by Crippen LogP contribution is 2.30. The molecule has 2 heterocycles. The number of amides is 1. The number of aliphatic hydroxyl groups excluding tert-OH is 8. The molecule has 14 nitrogen and oxygen atoms in total. The first-order valence-electron chi connectivity index (χ1n) is 28.9. The van der Waals surface area contributed by atoms with Crippen LogP contribution in [-0.4, -0.2) is 140 Å². The lowest BCUT2D eigenvalue weighted by molar-refractivity contribution is -0.359. The average molecular weight is 1020 g/mol. The van der Waals surface area contributed by atoms with E-state index in [1.807, 2.05) is 6.08 Å². The fourth-order valence-electron chi connectivity index (χ4n) is 9.29.